The van der Waals surface area contributed by atoms with Crippen LogP contribution in [0.2, 0.25) is 0 Å². The predicted octanol–water partition coefficient (Wildman–Crippen LogP) is 4.33. The molecular formula is C23H29ClN2O4. The molecule has 1 amide bonds. The van der Waals surface area contributed by atoms with Crippen LogP contribution >= 0.6 is 12.4 Å². The molecule has 1 aliphatic carbocycles. The summed E-state index contributed by atoms with van der Waals surface area (Å²) in [5.74, 6) is 0.0785. The van der Waals surface area contributed by atoms with E-state index in [1.54, 1.807) is 31.2 Å². The maximum atomic E-state index is 12.2. The van der Waals surface area contributed by atoms with E-state index in [1.807, 2.05) is 24.3 Å². The van der Waals surface area contributed by atoms with Gasteiger partial charge >= 0.3 is 5.97 Å². The van der Waals surface area contributed by atoms with E-state index in [0.29, 0.717) is 29.6 Å². The minimum Gasteiger partial charge on any atom is -0.483 e. The molecule has 3 rings (SSSR count). The zero-order chi connectivity index (χ0) is 20.5. The van der Waals surface area contributed by atoms with Crippen molar-refractivity contribution in [3.8, 4) is 5.75 Å². The molecule has 0 aliphatic heterocycles. The van der Waals surface area contributed by atoms with E-state index in [1.165, 1.54) is 25.7 Å². The first kappa shape index (κ1) is 23.7. The summed E-state index contributed by atoms with van der Waals surface area (Å²) in [7, 11) is 0. The van der Waals surface area contributed by atoms with Gasteiger partial charge < -0.3 is 20.1 Å². The molecule has 0 spiro atoms. The highest BCUT2D eigenvalue weighted by Gasteiger charge is 2.15. The maximum Gasteiger partial charge on any atom is 0.338 e. The molecule has 1 saturated carbocycles. The van der Waals surface area contributed by atoms with Gasteiger partial charge in [-0.1, -0.05) is 31.0 Å². The summed E-state index contributed by atoms with van der Waals surface area (Å²) in [4.78, 5) is 23.9. The zero-order valence-corrected chi connectivity index (χ0v) is 18.0. The highest BCUT2D eigenvalue weighted by atomic mass is 35.5. The molecule has 30 heavy (non-hydrogen) atoms. The molecule has 2 N–H and O–H groups in total. The Morgan fingerprint density at radius 1 is 1.03 bits per heavy atom. The van der Waals surface area contributed by atoms with Crippen LogP contribution < -0.4 is 15.4 Å². The van der Waals surface area contributed by atoms with Gasteiger partial charge in [0, 0.05) is 23.8 Å². The number of amides is 1. The van der Waals surface area contributed by atoms with E-state index in [2.05, 4.69) is 10.6 Å². The number of hydrogen-bond acceptors (Lipinski definition) is 5. The van der Waals surface area contributed by atoms with Crippen molar-refractivity contribution in [1.82, 2.24) is 5.32 Å². The van der Waals surface area contributed by atoms with E-state index >= 15 is 0 Å². The number of carbonyl (C=O) groups excluding carboxylic acids is 2. The normalized spacial score (nSPS) is 13.4. The van der Waals surface area contributed by atoms with E-state index in [4.69, 9.17) is 9.47 Å². The lowest BCUT2D eigenvalue weighted by molar-refractivity contribution is -0.118. The van der Waals surface area contributed by atoms with E-state index < -0.39 is 0 Å². The van der Waals surface area contributed by atoms with Gasteiger partial charge in [0.25, 0.3) is 5.91 Å². The van der Waals surface area contributed by atoms with Crippen molar-refractivity contribution in [1.29, 1.82) is 0 Å². The molecule has 1 fully saturated rings. The lowest BCUT2D eigenvalue weighted by atomic mass is 10.1. The van der Waals surface area contributed by atoms with Gasteiger partial charge in [0.1, 0.15) is 5.75 Å². The Hall–Kier alpha value is -2.57. The predicted molar refractivity (Wildman–Crippen MR) is 119 cm³/mol. The van der Waals surface area contributed by atoms with Crippen LogP contribution in [0.15, 0.2) is 48.5 Å². The Morgan fingerprint density at radius 3 is 2.43 bits per heavy atom. The Kier molecular flexibility index (Phi) is 9.64. The van der Waals surface area contributed by atoms with E-state index in [-0.39, 0.29) is 30.9 Å². The molecule has 2 aromatic rings. The number of para-hydroxylation sites is 1. The number of rotatable bonds is 9. The molecule has 1 aliphatic rings. The maximum absolute atomic E-state index is 12.2. The first-order chi connectivity index (χ1) is 14.2. The molecule has 0 aromatic heterocycles. The topological polar surface area (TPSA) is 76.7 Å². The number of hydrogen-bond donors (Lipinski definition) is 2. The summed E-state index contributed by atoms with van der Waals surface area (Å²) in [6.07, 6.45) is 5.02. The molecule has 0 heterocycles. The zero-order valence-electron chi connectivity index (χ0n) is 17.2. The van der Waals surface area contributed by atoms with Crippen molar-refractivity contribution in [3.05, 3.63) is 59.7 Å². The highest BCUT2D eigenvalue weighted by Crippen LogP contribution is 2.21. The van der Waals surface area contributed by atoms with Crippen molar-refractivity contribution in [3.63, 3.8) is 0 Å². The molecule has 0 atom stereocenters. The van der Waals surface area contributed by atoms with Crippen LogP contribution in [-0.2, 0) is 16.1 Å². The van der Waals surface area contributed by atoms with Gasteiger partial charge in [0.2, 0.25) is 0 Å². The van der Waals surface area contributed by atoms with Crippen LogP contribution in [0.3, 0.4) is 0 Å². The minimum atomic E-state index is -0.378. The summed E-state index contributed by atoms with van der Waals surface area (Å²) < 4.78 is 10.7. The molecular weight excluding hydrogens is 404 g/mol. The average Bonchev–Trinajstić information content (AvgIpc) is 3.26. The fourth-order valence-corrected chi connectivity index (χ4v) is 3.42. The summed E-state index contributed by atoms with van der Waals surface area (Å²) in [6, 6.07) is 14.9. The van der Waals surface area contributed by atoms with Gasteiger partial charge in [-0.15, -0.1) is 12.4 Å². The van der Waals surface area contributed by atoms with Crippen LogP contribution in [0.4, 0.5) is 5.69 Å². The third-order valence-electron chi connectivity index (χ3n) is 4.95. The van der Waals surface area contributed by atoms with Crippen LogP contribution in [-0.4, -0.2) is 31.1 Å². The monoisotopic (exact) mass is 432 g/mol. The van der Waals surface area contributed by atoms with Crippen LogP contribution in [0.1, 0.15) is 48.5 Å². The lowest BCUT2D eigenvalue weighted by Gasteiger charge is -2.15. The lowest BCUT2D eigenvalue weighted by Crippen LogP contribution is -2.26. The fraction of sp³-hybridized carbons (Fsp3) is 0.391. The second-order valence-electron chi connectivity index (χ2n) is 7.10. The summed E-state index contributed by atoms with van der Waals surface area (Å²) in [5.41, 5.74) is 2.10. The Labute approximate surface area is 183 Å². The second kappa shape index (κ2) is 12.2. The minimum absolute atomic E-state index is 0. The fourth-order valence-electron chi connectivity index (χ4n) is 3.42. The van der Waals surface area contributed by atoms with Gasteiger partial charge in [0.15, 0.2) is 6.61 Å². The molecule has 6 nitrogen and oxygen atoms in total. The van der Waals surface area contributed by atoms with Gasteiger partial charge in [-0.05, 0) is 50.1 Å². The molecule has 0 unspecified atom stereocenters. The quantitative estimate of drug-likeness (QED) is 0.576. The number of esters is 1. The van der Waals surface area contributed by atoms with Crippen molar-refractivity contribution >= 4 is 30.0 Å². The van der Waals surface area contributed by atoms with Crippen molar-refractivity contribution in [2.45, 2.75) is 45.2 Å². The Morgan fingerprint density at radius 2 is 1.73 bits per heavy atom. The van der Waals surface area contributed by atoms with Crippen molar-refractivity contribution in [2.24, 2.45) is 0 Å². The van der Waals surface area contributed by atoms with Gasteiger partial charge in [-0.25, -0.2) is 4.79 Å². The van der Waals surface area contributed by atoms with E-state index in [0.717, 1.165) is 12.1 Å². The third kappa shape index (κ3) is 7.04. The molecule has 2 aromatic carbocycles. The average molecular weight is 433 g/mol. The van der Waals surface area contributed by atoms with Gasteiger partial charge in [-0.3, -0.25) is 4.79 Å². The number of ether oxygens (including phenoxy) is 2. The second-order valence-corrected chi connectivity index (χ2v) is 7.10. The Balaban J connectivity index is 0.00000320. The SMILES string of the molecule is CCOC(=O)c1ccc(NC(=O)COc2ccccc2CNC2CCCC2)cc1.Cl. The standard InChI is InChI=1S/C23H28N2O4.ClH/c1-2-28-23(27)17-11-13-20(14-12-17)25-22(26)16-29-21-10-6-3-7-18(21)15-24-19-8-4-5-9-19;/h3,6-7,10-14,19,24H,2,4-5,8-9,15-16H2,1H3,(H,25,26);1H. The van der Waals surface area contributed by atoms with Gasteiger partial charge in [-0.2, -0.15) is 0 Å². The van der Waals surface area contributed by atoms with Crippen LogP contribution in [0.25, 0.3) is 0 Å². The molecule has 0 saturated heterocycles. The summed E-state index contributed by atoms with van der Waals surface area (Å²) >= 11 is 0. The number of benzene rings is 2. The van der Waals surface area contributed by atoms with Crippen molar-refractivity contribution < 1.29 is 19.1 Å². The largest absolute Gasteiger partial charge is 0.483 e. The smallest absolute Gasteiger partial charge is 0.338 e. The molecule has 162 valence electrons. The Bertz CT molecular complexity index is 820. The summed E-state index contributed by atoms with van der Waals surface area (Å²) in [5, 5.41) is 6.35. The molecule has 7 heteroatoms. The highest BCUT2D eigenvalue weighted by molar-refractivity contribution is 5.93. The first-order valence-corrected chi connectivity index (χ1v) is 10.2. The number of anilines is 1. The van der Waals surface area contributed by atoms with E-state index in [9.17, 15) is 9.59 Å². The number of halogens is 1. The number of carbonyl (C=O) groups is 2. The molecule has 0 radical (unpaired) electrons. The third-order valence-corrected chi connectivity index (χ3v) is 4.95. The van der Waals surface area contributed by atoms with Crippen LogP contribution in [0.5, 0.6) is 5.75 Å². The number of nitrogens with one attached hydrogen (secondary N) is 2. The van der Waals surface area contributed by atoms with Crippen molar-refractivity contribution in [2.75, 3.05) is 18.5 Å². The van der Waals surface area contributed by atoms with Crippen LogP contribution in [0, 0.1) is 0 Å². The van der Waals surface area contributed by atoms with Gasteiger partial charge in [0.05, 0.1) is 12.2 Å². The summed E-state index contributed by atoms with van der Waals surface area (Å²) in [6.45, 7) is 2.74. The molecule has 0 bridgehead atoms. The first-order valence-electron chi connectivity index (χ1n) is 10.2.